The largest absolute Gasteiger partial charge is 0.432 e. The summed E-state index contributed by atoms with van der Waals surface area (Å²) in [5, 5.41) is 0. The van der Waals surface area contributed by atoms with Gasteiger partial charge in [-0.3, -0.25) is 0 Å². The minimum atomic E-state index is -4.87. The Hall–Kier alpha value is -3.88. The molecule has 192 valence electrons. The van der Waals surface area contributed by atoms with Crippen LogP contribution in [0.25, 0.3) is 22.3 Å². The summed E-state index contributed by atoms with van der Waals surface area (Å²) in [6.07, 6.45) is -3.03. The van der Waals surface area contributed by atoms with Crippen LogP contribution in [0.4, 0.5) is 35.1 Å². The molecule has 0 atom stereocenters. The van der Waals surface area contributed by atoms with Gasteiger partial charge in [-0.2, -0.15) is 8.78 Å². The minimum absolute atomic E-state index is 0.0485. The summed E-state index contributed by atoms with van der Waals surface area (Å²) < 4.78 is 125. The van der Waals surface area contributed by atoms with Gasteiger partial charge < -0.3 is 4.74 Å². The molecule has 1 nitrogen and oxygen atoms in total. The van der Waals surface area contributed by atoms with E-state index in [2.05, 4.69) is 4.74 Å². The predicted octanol–water partition coefficient (Wildman–Crippen LogP) is 8.94. The summed E-state index contributed by atoms with van der Waals surface area (Å²) in [6.45, 7) is 2.04. The monoisotopic (exact) mass is 523 g/mol. The molecular weight excluding hydrogens is 504 g/mol. The number of alkyl halides is 2. The molecule has 4 aromatic carbocycles. The normalized spacial score (nSPS) is 12.0. The van der Waals surface area contributed by atoms with E-state index >= 15 is 0 Å². The Balaban J connectivity index is 1.66. The maximum absolute atomic E-state index is 14.9. The van der Waals surface area contributed by atoms with Crippen LogP contribution in [0, 0.1) is 34.9 Å². The molecule has 4 aromatic rings. The molecule has 0 bridgehead atoms. The molecule has 4 rings (SSSR count). The second kappa shape index (κ2) is 10.2. The van der Waals surface area contributed by atoms with Crippen LogP contribution in [0.5, 0.6) is 5.75 Å². The second-order valence-corrected chi connectivity index (χ2v) is 8.18. The van der Waals surface area contributed by atoms with Gasteiger partial charge in [0.15, 0.2) is 17.5 Å². The first-order chi connectivity index (χ1) is 17.9. The van der Waals surface area contributed by atoms with Gasteiger partial charge >= 0.3 is 6.11 Å². The van der Waals surface area contributed by atoms with Crippen molar-refractivity contribution in [3.05, 3.63) is 113 Å². The molecule has 0 unspecified atom stereocenters. The van der Waals surface area contributed by atoms with Gasteiger partial charge in [0.2, 0.25) is 0 Å². The highest BCUT2D eigenvalue weighted by atomic mass is 19.3. The molecule has 0 fully saturated rings. The highest BCUT2D eigenvalue weighted by molar-refractivity contribution is 5.71. The van der Waals surface area contributed by atoms with Gasteiger partial charge in [0.1, 0.15) is 28.8 Å². The number of rotatable bonds is 7. The Bertz CT molecular complexity index is 1480. The third kappa shape index (κ3) is 5.45. The van der Waals surface area contributed by atoms with Crippen molar-refractivity contribution in [1.29, 1.82) is 0 Å². The quantitative estimate of drug-likeness (QED) is 0.174. The molecule has 0 aliphatic heterocycles. The van der Waals surface area contributed by atoms with Crippen molar-refractivity contribution in [3.8, 4) is 28.0 Å². The maximum atomic E-state index is 14.9. The van der Waals surface area contributed by atoms with Gasteiger partial charge in [-0.05, 0) is 46.9 Å². The smallest absolute Gasteiger partial charge is 0.429 e. The van der Waals surface area contributed by atoms with Crippen molar-refractivity contribution in [2.45, 2.75) is 25.9 Å². The van der Waals surface area contributed by atoms with Gasteiger partial charge in [0.25, 0.3) is 0 Å². The van der Waals surface area contributed by atoms with Crippen molar-refractivity contribution >= 4 is 0 Å². The van der Waals surface area contributed by atoms with Crippen molar-refractivity contribution in [1.82, 2.24) is 0 Å². The molecular formula is C28H18F8O. The Labute approximate surface area is 208 Å². The summed E-state index contributed by atoms with van der Waals surface area (Å²) in [6, 6.07) is 10.5. The molecule has 0 N–H and O–H groups in total. The standard InChI is InChI=1S/C28H18F8O/c1-2-3-15-4-6-16(7-5-15)17-8-9-20(21(29)10-17)18-11-22(30)26(23(31)12-18)28(35,36)37-19-13-24(32)27(34)25(33)14-19/h4-14H,2-3H2,1H3/i13D. The van der Waals surface area contributed by atoms with E-state index in [4.69, 9.17) is 1.37 Å². The van der Waals surface area contributed by atoms with E-state index in [1.807, 2.05) is 19.1 Å². The Morgan fingerprint density at radius 3 is 1.89 bits per heavy atom. The zero-order valence-corrected chi connectivity index (χ0v) is 19.1. The fraction of sp³-hybridized carbons (Fsp3) is 0.143. The van der Waals surface area contributed by atoms with Crippen LogP contribution in [-0.4, -0.2) is 0 Å². The van der Waals surface area contributed by atoms with Crippen LogP contribution in [0.3, 0.4) is 0 Å². The average Bonchev–Trinajstić information content (AvgIpc) is 2.86. The third-order valence-electron chi connectivity index (χ3n) is 5.57. The fourth-order valence-corrected chi connectivity index (χ4v) is 3.81. The lowest BCUT2D eigenvalue weighted by molar-refractivity contribution is -0.189. The molecule has 9 heteroatoms. The highest BCUT2D eigenvalue weighted by Crippen LogP contribution is 2.38. The second-order valence-electron chi connectivity index (χ2n) is 8.18. The van der Waals surface area contributed by atoms with E-state index in [1.54, 1.807) is 12.1 Å². The Morgan fingerprint density at radius 2 is 1.30 bits per heavy atom. The lowest BCUT2D eigenvalue weighted by Gasteiger charge is -2.20. The summed E-state index contributed by atoms with van der Waals surface area (Å²) in [4.78, 5) is 0. The van der Waals surface area contributed by atoms with Gasteiger partial charge in [-0.1, -0.05) is 49.7 Å². The van der Waals surface area contributed by atoms with Crippen LogP contribution in [0.1, 0.15) is 25.8 Å². The number of halogens is 8. The SMILES string of the molecule is [2H]c1c(OC(F)(F)c2c(F)cc(-c3ccc(-c4ccc(CCC)cc4)cc3F)cc2F)cc(F)c(F)c1F. The van der Waals surface area contributed by atoms with E-state index < -0.39 is 63.9 Å². The number of benzene rings is 4. The number of hydrogen-bond acceptors (Lipinski definition) is 1. The van der Waals surface area contributed by atoms with E-state index in [0.29, 0.717) is 23.3 Å². The van der Waals surface area contributed by atoms with Gasteiger partial charge in [-0.25, -0.2) is 26.3 Å². The fourth-order valence-electron chi connectivity index (χ4n) is 3.81. The summed E-state index contributed by atoms with van der Waals surface area (Å²) in [7, 11) is 0. The Morgan fingerprint density at radius 1 is 0.703 bits per heavy atom. The first-order valence-corrected chi connectivity index (χ1v) is 11.0. The molecule has 0 heterocycles. The first kappa shape index (κ1) is 24.8. The molecule has 0 radical (unpaired) electrons. The van der Waals surface area contributed by atoms with Gasteiger partial charge in [0.05, 0.1) is 1.37 Å². The van der Waals surface area contributed by atoms with Gasteiger partial charge in [-0.15, -0.1) is 0 Å². The summed E-state index contributed by atoms with van der Waals surface area (Å²) in [5.41, 5.74) is -0.342. The molecule has 37 heavy (non-hydrogen) atoms. The first-order valence-electron chi connectivity index (χ1n) is 11.5. The molecule has 0 aromatic heterocycles. The molecule has 0 spiro atoms. The average molecular weight is 523 g/mol. The molecule has 0 aliphatic rings. The maximum Gasteiger partial charge on any atom is 0.432 e. The summed E-state index contributed by atoms with van der Waals surface area (Å²) in [5.74, 6) is -12.2. The van der Waals surface area contributed by atoms with E-state index in [-0.39, 0.29) is 11.6 Å². The van der Waals surface area contributed by atoms with Crippen molar-refractivity contribution in [2.24, 2.45) is 0 Å². The van der Waals surface area contributed by atoms with Crippen LogP contribution in [0.15, 0.2) is 66.7 Å². The molecule has 0 saturated carbocycles. The van der Waals surface area contributed by atoms with E-state index in [9.17, 15) is 35.1 Å². The lowest BCUT2D eigenvalue weighted by atomic mass is 9.97. The minimum Gasteiger partial charge on any atom is -0.429 e. The van der Waals surface area contributed by atoms with Crippen LogP contribution < -0.4 is 4.74 Å². The zero-order valence-electron chi connectivity index (χ0n) is 20.1. The van der Waals surface area contributed by atoms with Crippen molar-refractivity contribution in [3.63, 3.8) is 0 Å². The lowest BCUT2D eigenvalue weighted by Crippen LogP contribution is -2.25. The highest BCUT2D eigenvalue weighted by Gasteiger charge is 2.41. The molecule has 0 amide bonds. The summed E-state index contributed by atoms with van der Waals surface area (Å²) >= 11 is 0. The van der Waals surface area contributed by atoms with Gasteiger partial charge in [0, 0.05) is 17.7 Å². The number of hydrogen-bond donors (Lipinski definition) is 0. The van der Waals surface area contributed by atoms with Crippen LogP contribution in [0.2, 0.25) is 0 Å². The molecule has 0 aliphatic carbocycles. The van der Waals surface area contributed by atoms with Crippen molar-refractivity contribution in [2.75, 3.05) is 0 Å². The van der Waals surface area contributed by atoms with E-state index in [1.165, 1.54) is 12.1 Å². The third-order valence-corrected chi connectivity index (χ3v) is 5.57. The van der Waals surface area contributed by atoms with E-state index in [0.717, 1.165) is 24.5 Å². The molecule has 0 saturated heterocycles. The number of aryl methyl sites for hydroxylation is 1. The topological polar surface area (TPSA) is 9.23 Å². The van der Waals surface area contributed by atoms with Crippen LogP contribution >= 0.6 is 0 Å². The van der Waals surface area contributed by atoms with Crippen molar-refractivity contribution < 1.29 is 41.2 Å². The predicted molar refractivity (Wildman–Crippen MR) is 122 cm³/mol. The number of ether oxygens (including phenoxy) is 1. The Kier molecular flexibility index (Phi) is 6.86. The van der Waals surface area contributed by atoms with Crippen LogP contribution in [-0.2, 0) is 12.5 Å². The zero-order chi connectivity index (χ0) is 27.8.